The molecule has 0 aliphatic rings. The summed E-state index contributed by atoms with van der Waals surface area (Å²) in [6.07, 6.45) is 0. The van der Waals surface area contributed by atoms with Crippen LogP contribution >= 0.6 is 0 Å². The standard InChI is InChI=1S/C12H15N3O6/c1-2-20-7-11(16)13-14-12(17)8-21-10-5-3-9(4-6-10)15(18)19/h3-6H,2,7-8H2,1H3,(H,13,16)(H,14,17). The highest BCUT2D eigenvalue weighted by atomic mass is 16.6. The van der Waals surface area contributed by atoms with Crippen molar-refractivity contribution in [2.75, 3.05) is 19.8 Å². The fraction of sp³-hybridized carbons (Fsp3) is 0.333. The number of amides is 2. The Balaban J connectivity index is 2.29. The number of hydrogen-bond donors (Lipinski definition) is 2. The van der Waals surface area contributed by atoms with Gasteiger partial charge in [0.1, 0.15) is 12.4 Å². The molecule has 9 heteroatoms. The van der Waals surface area contributed by atoms with Gasteiger partial charge in [-0.2, -0.15) is 0 Å². The van der Waals surface area contributed by atoms with Crippen LogP contribution < -0.4 is 15.6 Å². The number of nitrogens with zero attached hydrogens (tertiary/aromatic N) is 1. The minimum atomic E-state index is -0.571. The molecule has 21 heavy (non-hydrogen) atoms. The van der Waals surface area contributed by atoms with Crippen LogP contribution in [-0.4, -0.2) is 36.6 Å². The molecule has 0 saturated carbocycles. The highest BCUT2D eigenvalue weighted by Crippen LogP contribution is 2.16. The molecule has 0 radical (unpaired) electrons. The van der Waals surface area contributed by atoms with Crippen molar-refractivity contribution in [3.8, 4) is 5.75 Å². The number of carbonyl (C=O) groups excluding carboxylic acids is 2. The van der Waals surface area contributed by atoms with Crippen LogP contribution in [0.3, 0.4) is 0 Å². The summed E-state index contributed by atoms with van der Waals surface area (Å²) in [6, 6.07) is 5.27. The summed E-state index contributed by atoms with van der Waals surface area (Å²) in [4.78, 5) is 32.4. The van der Waals surface area contributed by atoms with E-state index < -0.39 is 16.7 Å². The largest absolute Gasteiger partial charge is 0.484 e. The van der Waals surface area contributed by atoms with Crippen molar-refractivity contribution in [1.82, 2.24) is 10.9 Å². The minimum Gasteiger partial charge on any atom is -0.484 e. The summed E-state index contributed by atoms with van der Waals surface area (Å²) >= 11 is 0. The third kappa shape index (κ3) is 6.34. The molecule has 0 saturated heterocycles. The van der Waals surface area contributed by atoms with E-state index in [1.54, 1.807) is 6.92 Å². The van der Waals surface area contributed by atoms with E-state index in [2.05, 4.69) is 10.9 Å². The molecular formula is C12H15N3O6. The summed E-state index contributed by atoms with van der Waals surface area (Å²) < 4.78 is 9.94. The van der Waals surface area contributed by atoms with Gasteiger partial charge in [0.05, 0.1) is 4.92 Å². The summed E-state index contributed by atoms with van der Waals surface area (Å²) in [7, 11) is 0. The minimum absolute atomic E-state index is 0.0741. The van der Waals surface area contributed by atoms with Gasteiger partial charge >= 0.3 is 0 Å². The Morgan fingerprint density at radius 1 is 1.14 bits per heavy atom. The van der Waals surface area contributed by atoms with Crippen LogP contribution in [0.25, 0.3) is 0 Å². The van der Waals surface area contributed by atoms with E-state index >= 15 is 0 Å². The van der Waals surface area contributed by atoms with Gasteiger partial charge in [-0.3, -0.25) is 30.6 Å². The van der Waals surface area contributed by atoms with E-state index in [0.29, 0.717) is 12.4 Å². The molecule has 0 aliphatic carbocycles. The zero-order valence-corrected chi connectivity index (χ0v) is 11.3. The Kier molecular flexibility index (Phi) is 6.61. The summed E-state index contributed by atoms with van der Waals surface area (Å²) in [5.74, 6) is -0.755. The third-order valence-electron chi connectivity index (χ3n) is 2.20. The molecule has 0 fully saturated rings. The Morgan fingerprint density at radius 2 is 1.71 bits per heavy atom. The molecule has 114 valence electrons. The zero-order chi connectivity index (χ0) is 15.7. The number of nitro groups is 1. The van der Waals surface area contributed by atoms with Gasteiger partial charge in [-0.05, 0) is 19.1 Å². The van der Waals surface area contributed by atoms with E-state index in [9.17, 15) is 19.7 Å². The maximum absolute atomic E-state index is 11.4. The number of rotatable bonds is 7. The summed E-state index contributed by atoms with van der Waals surface area (Å²) in [5, 5.41) is 10.5. The van der Waals surface area contributed by atoms with Gasteiger partial charge in [-0.15, -0.1) is 0 Å². The molecule has 0 heterocycles. The number of benzene rings is 1. The Bertz CT molecular complexity index is 502. The maximum Gasteiger partial charge on any atom is 0.276 e. The molecule has 1 aromatic rings. The van der Waals surface area contributed by atoms with E-state index in [4.69, 9.17) is 9.47 Å². The molecule has 0 bridgehead atoms. The molecular weight excluding hydrogens is 282 g/mol. The lowest BCUT2D eigenvalue weighted by Crippen LogP contribution is -2.45. The molecule has 2 N–H and O–H groups in total. The second-order valence-corrected chi connectivity index (χ2v) is 3.77. The number of hydrogen-bond acceptors (Lipinski definition) is 6. The highest BCUT2D eigenvalue weighted by Gasteiger charge is 2.07. The fourth-order valence-corrected chi connectivity index (χ4v) is 1.22. The predicted octanol–water partition coefficient (Wildman–Crippen LogP) is 0.158. The monoisotopic (exact) mass is 297 g/mol. The molecule has 9 nitrogen and oxygen atoms in total. The van der Waals surface area contributed by atoms with Crippen LogP contribution in [0.4, 0.5) is 5.69 Å². The normalized spacial score (nSPS) is 9.76. The zero-order valence-electron chi connectivity index (χ0n) is 11.3. The first kappa shape index (κ1) is 16.4. The lowest BCUT2D eigenvalue weighted by atomic mass is 10.3. The van der Waals surface area contributed by atoms with Gasteiger partial charge in [0, 0.05) is 18.7 Å². The van der Waals surface area contributed by atoms with Crippen molar-refractivity contribution in [3.05, 3.63) is 34.4 Å². The fourth-order valence-electron chi connectivity index (χ4n) is 1.22. The van der Waals surface area contributed by atoms with Gasteiger partial charge in [0.15, 0.2) is 6.61 Å². The number of nitrogens with one attached hydrogen (secondary N) is 2. The average Bonchev–Trinajstić information content (AvgIpc) is 2.49. The van der Waals surface area contributed by atoms with Gasteiger partial charge in [-0.25, -0.2) is 0 Å². The molecule has 1 aromatic carbocycles. The molecule has 1 rings (SSSR count). The van der Waals surface area contributed by atoms with E-state index in [1.165, 1.54) is 24.3 Å². The molecule has 0 aromatic heterocycles. The lowest BCUT2D eigenvalue weighted by Gasteiger charge is -2.08. The topological polar surface area (TPSA) is 120 Å². The van der Waals surface area contributed by atoms with Crippen LogP contribution in [-0.2, 0) is 14.3 Å². The third-order valence-corrected chi connectivity index (χ3v) is 2.20. The van der Waals surface area contributed by atoms with Crippen LogP contribution in [0.2, 0.25) is 0 Å². The molecule has 0 aliphatic heterocycles. The van der Waals surface area contributed by atoms with E-state index in [-0.39, 0.29) is 18.9 Å². The second kappa shape index (κ2) is 8.48. The number of non-ortho nitro benzene ring substituents is 1. The number of carbonyl (C=O) groups is 2. The van der Waals surface area contributed by atoms with Gasteiger partial charge in [0.2, 0.25) is 0 Å². The first-order chi connectivity index (χ1) is 10.0. The van der Waals surface area contributed by atoms with Crippen molar-refractivity contribution in [3.63, 3.8) is 0 Å². The smallest absolute Gasteiger partial charge is 0.276 e. The Morgan fingerprint density at radius 3 is 2.24 bits per heavy atom. The van der Waals surface area contributed by atoms with Crippen LogP contribution in [0.15, 0.2) is 24.3 Å². The molecule has 0 spiro atoms. The predicted molar refractivity (Wildman–Crippen MR) is 71.4 cm³/mol. The number of hydrazine groups is 1. The molecule has 0 unspecified atom stereocenters. The Labute approximate surface area is 120 Å². The summed E-state index contributed by atoms with van der Waals surface area (Å²) in [5.41, 5.74) is 4.21. The Hall–Kier alpha value is -2.68. The van der Waals surface area contributed by atoms with Crippen LogP contribution in [0.5, 0.6) is 5.75 Å². The van der Waals surface area contributed by atoms with Crippen molar-refractivity contribution in [2.24, 2.45) is 0 Å². The molecule has 0 atom stereocenters. The number of nitro benzene ring substituents is 1. The van der Waals surface area contributed by atoms with Crippen molar-refractivity contribution < 1.29 is 24.0 Å². The van der Waals surface area contributed by atoms with Crippen LogP contribution in [0, 0.1) is 10.1 Å². The van der Waals surface area contributed by atoms with Gasteiger partial charge in [0.25, 0.3) is 17.5 Å². The van der Waals surface area contributed by atoms with Crippen LogP contribution in [0.1, 0.15) is 6.92 Å². The quantitative estimate of drug-likeness (QED) is 0.546. The first-order valence-electron chi connectivity index (χ1n) is 6.05. The molecule has 2 amide bonds. The SMILES string of the molecule is CCOCC(=O)NNC(=O)COc1ccc([N+](=O)[O-])cc1. The highest BCUT2D eigenvalue weighted by molar-refractivity contribution is 5.83. The van der Waals surface area contributed by atoms with Gasteiger partial charge < -0.3 is 9.47 Å². The summed E-state index contributed by atoms with van der Waals surface area (Å²) in [6.45, 7) is 1.64. The van der Waals surface area contributed by atoms with E-state index in [0.717, 1.165) is 0 Å². The average molecular weight is 297 g/mol. The number of ether oxygens (including phenoxy) is 2. The van der Waals surface area contributed by atoms with Gasteiger partial charge in [-0.1, -0.05) is 0 Å². The van der Waals surface area contributed by atoms with E-state index in [1.807, 2.05) is 0 Å². The second-order valence-electron chi connectivity index (χ2n) is 3.77. The van der Waals surface area contributed by atoms with Crippen molar-refractivity contribution >= 4 is 17.5 Å². The van der Waals surface area contributed by atoms with Crippen molar-refractivity contribution in [1.29, 1.82) is 0 Å². The first-order valence-corrected chi connectivity index (χ1v) is 6.05. The maximum atomic E-state index is 11.4. The van der Waals surface area contributed by atoms with Crippen molar-refractivity contribution in [2.45, 2.75) is 6.92 Å². The lowest BCUT2D eigenvalue weighted by molar-refractivity contribution is -0.384.